The number of amides is 5. The first-order valence-corrected chi connectivity index (χ1v) is 9.18. The second kappa shape index (κ2) is 6.77. The number of hydrogen-bond donors (Lipinski definition) is 3. The smallest absolute Gasteiger partial charge is 0.348 e. The molecule has 0 bridgehead atoms. The van der Waals surface area contributed by atoms with E-state index in [0.29, 0.717) is 16.3 Å². The van der Waals surface area contributed by atoms with E-state index in [0.717, 1.165) is 9.58 Å². The van der Waals surface area contributed by atoms with Crippen LogP contribution in [-0.2, 0) is 9.59 Å². The summed E-state index contributed by atoms with van der Waals surface area (Å²) in [4.78, 5) is 50.7. The van der Waals surface area contributed by atoms with Crippen molar-refractivity contribution >= 4 is 41.1 Å². The molecule has 2 aliphatic heterocycles. The van der Waals surface area contributed by atoms with Gasteiger partial charge in [-0.05, 0) is 43.7 Å². The van der Waals surface area contributed by atoms with Gasteiger partial charge in [0.05, 0.1) is 22.5 Å². The van der Waals surface area contributed by atoms with Gasteiger partial charge in [-0.1, -0.05) is 0 Å². The number of urea groups is 1. The number of primary amides is 1. The van der Waals surface area contributed by atoms with Gasteiger partial charge in [-0.2, -0.15) is 5.01 Å². The minimum Gasteiger partial charge on any atom is -0.366 e. The van der Waals surface area contributed by atoms with E-state index in [9.17, 15) is 28.7 Å². The average molecular weight is 427 g/mol. The topological polar surface area (TPSA) is 138 Å². The summed E-state index contributed by atoms with van der Waals surface area (Å²) in [5, 5.41) is 13.3. The summed E-state index contributed by atoms with van der Waals surface area (Å²) in [7, 11) is 1.24. The number of nitrogens with zero attached hydrogens (tertiary/aromatic N) is 3. The van der Waals surface area contributed by atoms with E-state index in [-0.39, 0.29) is 28.1 Å². The molecule has 4 N–H and O–H groups in total. The summed E-state index contributed by atoms with van der Waals surface area (Å²) < 4.78 is 14.9. The molecule has 0 radical (unpaired) electrons. The van der Waals surface area contributed by atoms with Gasteiger partial charge in [-0.3, -0.25) is 19.3 Å². The largest absolute Gasteiger partial charge is 0.366 e. The molecule has 0 spiro atoms. The molecule has 1 fully saturated rings. The molecule has 4 rings (SSSR count). The maximum Gasteiger partial charge on any atom is 0.348 e. The number of rotatable bonds is 3. The molecule has 1 saturated heterocycles. The summed E-state index contributed by atoms with van der Waals surface area (Å²) in [5.41, 5.74) is 6.91. The first-order chi connectivity index (χ1) is 14.5. The van der Waals surface area contributed by atoms with Crippen LogP contribution in [0.25, 0.3) is 11.6 Å². The van der Waals surface area contributed by atoms with Crippen molar-refractivity contribution in [3.63, 3.8) is 0 Å². The summed E-state index contributed by atoms with van der Waals surface area (Å²) >= 11 is 0. The molecule has 1 aromatic carbocycles. The van der Waals surface area contributed by atoms with Gasteiger partial charge < -0.3 is 16.2 Å². The van der Waals surface area contributed by atoms with Crippen LogP contribution in [0.2, 0.25) is 0 Å². The fourth-order valence-electron chi connectivity index (χ4n) is 3.88. The number of likely N-dealkylation sites (N-methyl/N-ethyl adjacent to an activating group) is 1. The number of anilines is 1. The number of nitrogens with two attached hydrogens (primary N) is 1. The van der Waals surface area contributed by atoms with E-state index in [2.05, 4.69) is 5.32 Å². The Labute approximate surface area is 175 Å². The highest BCUT2D eigenvalue weighted by atomic mass is 19.1. The van der Waals surface area contributed by atoms with Gasteiger partial charge in [-0.15, -0.1) is 0 Å². The molecule has 5 amide bonds. The summed E-state index contributed by atoms with van der Waals surface area (Å²) in [6, 6.07) is 2.94. The predicted molar refractivity (Wildman–Crippen MR) is 108 cm³/mol. The number of nitrogens with one attached hydrogen (secondary N) is 1. The molecule has 0 saturated carbocycles. The fourth-order valence-corrected chi connectivity index (χ4v) is 3.88. The van der Waals surface area contributed by atoms with Gasteiger partial charge >= 0.3 is 6.03 Å². The Bertz CT molecular complexity index is 1210. The molecule has 0 aliphatic carbocycles. The zero-order valence-corrected chi connectivity index (χ0v) is 16.8. The van der Waals surface area contributed by atoms with Gasteiger partial charge in [0.25, 0.3) is 17.7 Å². The number of carbonyl (C=O) groups excluding carboxylic acids is 4. The monoisotopic (exact) mass is 427 g/mol. The van der Waals surface area contributed by atoms with Crippen LogP contribution in [0.1, 0.15) is 32.9 Å². The maximum atomic E-state index is 13.8. The number of hydrogen-bond acceptors (Lipinski definition) is 5. The highest BCUT2D eigenvalue weighted by Crippen LogP contribution is 2.35. The summed E-state index contributed by atoms with van der Waals surface area (Å²) in [5.74, 6) is -2.83. The van der Waals surface area contributed by atoms with Gasteiger partial charge in [0, 0.05) is 18.3 Å². The average Bonchev–Trinajstić information content (AvgIpc) is 3.21. The Morgan fingerprint density at radius 3 is 2.52 bits per heavy atom. The van der Waals surface area contributed by atoms with Crippen molar-refractivity contribution in [3.8, 4) is 0 Å². The van der Waals surface area contributed by atoms with Crippen LogP contribution in [0, 0.1) is 19.7 Å². The fraction of sp³-hybridized carbons (Fsp3) is 0.200. The third kappa shape index (κ3) is 2.81. The molecule has 2 aliphatic rings. The molecule has 10 nitrogen and oxygen atoms in total. The van der Waals surface area contributed by atoms with E-state index in [1.807, 2.05) is 0 Å². The first kappa shape index (κ1) is 20.3. The highest BCUT2D eigenvalue weighted by molar-refractivity contribution is 6.35. The number of imide groups is 1. The Morgan fingerprint density at radius 2 is 1.94 bits per heavy atom. The van der Waals surface area contributed by atoms with Crippen LogP contribution in [0.15, 0.2) is 18.2 Å². The lowest BCUT2D eigenvalue weighted by Crippen LogP contribution is -2.42. The molecule has 11 heteroatoms. The van der Waals surface area contributed by atoms with Gasteiger partial charge in [0.1, 0.15) is 5.82 Å². The number of aliphatic hydroxyl groups is 1. The molecule has 31 heavy (non-hydrogen) atoms. The number of carbonyl (C=O) groups is 4. The van der Waals surface area contributed by atoms with Crippen molar-refractivity contribution in [2.45, 2.75) is 20.1 Å². The minimum absolute atomic E-state index is 0.0503. The zero-order valence-electron chi connectivity index (χ0n) is 16.8. The van der Waals surface area contributed by atoms with Crippen molar-refractivity contribution < 1.29 is 28.7 Å². The normalized spacial score (nSPS) is 19.5. The van der Waals surface area contributed by atoms with Crippen molar-refractivity contribution in [1.29, 1.82) is 0 Å². The SMILES string of the molecule is Cc1c(C(N)=O)c(C)n(N2C(=O)[C@H](O)N(C)C2=O)c1/C=C1\C(=O)Nc2ccc(F)cc21. The van der Waals surface area contributed by atoms with Gasteiger partial charge in [-0.25, -0.2) is 13.9 Å². The maximum absolute atomic E-state index is 13.8. The lowest BCUT2D eigenvalue weighted by Gasteiger charge is -2.19. The van der Waals surface area contributed by atoms with Crippen LogP contribution in [0.5, 0.6) is 0 Å². The van der Waals surface area contributed by atoms with Crippen LogP contribution < -0.4 is 16.1 Å². The lowest BCUT2D eigenvalue weighted by atomic mass is 10.0. The van der Waals surface area contributed by atoms with Crippen LogP contribution in [0.3, 0.4) is 0 Å². The predicted octanol–water partition coefficient (Wildman–Crippen LogP) is 0.684. The molecule has 3 heterocycles. The Hall–Kier alpha value is -3.99. The lowest BCUT2D eigenvalue weighted by molar-refractivity contribution is -0.129. The van der Waals surface area contributed by atoms with E-state index in [4.69, 9.17) is 5.73 Å². The van der Waals surface area contributed by atoms with Crippen LogP contribution in [-0.4, -0.2) is 51.7 Å². The van der Waals surface area contributed by atoms with E-state index >= 15 is 0 Å². The van der Waals surface area contributed by atoms with Gasteiger partial charge in [0.2, 0.25) is 6.23 Å². The summed E-state index contributed by atoms with van der Waals surface area (Å²) in [6.07, 6.45) is -0.363. The van der Waals surface area contributed by atoms with Crippen molar-refractivity contribution in [1.82, 2.24) is 9.58 Å². The first-order valence-electron chi connectivity index (χ1n) is 9.18. The second-order valence-corrected chi connectivity index (χ2v) is 7.27. The van der Waals surface area contributed by atoms with E-state index in [1.54, 1.807) is 6.92 Å². The Morgan fingerprint density at radius 1 is 1.26 bits per heavy atom. The number of halogens is 1. The molecule has 2 aromatic rings. The summed E-state index contributed by atoms with van der Waals surface area (Å²) in [6.45, 7) is 3.02. The highest BCUT2D eigenvalue weighted by Gasteiger charge is 2.45. The third-order valence-electron chi connectivity index (χ3n) is 5.44. The van der Waals surface area contributed by atoms with E-state index in [1.165, 1.54) is 38.2 Å². The molecule has 0 unspecified atom stereocenters. The second-order valence-electron chi connectivity index (χ2n) is 7.27. The quantitative estimate of drug-likeness (QED) is 0.489. The third-order valence-corrected chi connectivity index (χ3v) is 5.44. The Kier molecular flexibility index (Phi) is 4.43. The number of benzene rings is 1. The standard InChI is InChI=1S/C20H18FN5O5/c1-8-14(7-12-11-6-10(21)4-5-13(11)23-17(12)28)25(9(2)15(8)16(22)27)26-19(30)18(29)24(3)20(26)31/h4-7,18,29H,1-3H3,(H2,22,27)(H,23,28)/b12-7-/t18-/m0/s1. The van der Waals surface area contributed by atoms with Crippen LogP contribution in [0.4, 0.5) is 14.9 Å². The number of aliphatic hydroxyl groups excluding tert-OH is 1. The van der Waals surface area contributed by atoms with Crippen molar-refractivity contribution in [2.75, 3.05) is 17.4 Å². The minimum atomic E-state index is -1.71. The molecule has 1 aromatic heterocycles. The number of fused-ring (bicyclic) bond motifs is 1. The number of aromatic nitrogens is 1. The molecular formula is C20H18FN5O5. The Balaban J connectivity index is 1.99. The molecule has 160 valence electrons. The van der Waals surface area contributed by atoms with Crippen LogP contribution >= 0.6 is 0 Å². The van der Waals surface area contributed by atoms with Gasteiger partial charge in [0.15, 0.2) is 0 Å². The van der Waals surface area contributed by atoms with Crippen molar-refractivity contribution in [3.05, 3.63) is 52.1 Å². The van der Waals surface area contributed by atoms with Crippen molar-refractivity contribution in [2.24, 2.45) is 5.73 Å². The molecule has 1 atom stereocenters. The van der Waals surface area contributed by atoms with E-state index < -0.39 is 35.8 Å². The zero-order chi connectivity index (χ0) is 22.8. The molecular weight excluding hydrogens is 409 g/mol.